The van der Waals surface area contributed by atoms with Crippen molar-refractivity contribution in [1.29, 1.82) is 0 Å². The fraction of sp³-hybridized carbons (Fsp3) is 0.500. The third-order valence-corrected chi connectivity index (χ3v) is 3.82. The fourth-order valence-electron chi connectivity index (χ4n) is 3.02. The number of hydrogen-bond acceptors (Lipinski definition) is 4. The van der Waals surface area contributed by atoms with E-state index in [9.17, 15) is 0 Å². The van der Waals surface area contributed by atoms with Gasteiger partial charge in [-0.15, -0.1) is 0 Å². The van der Waals surface area contributed by atoms with Crippen LogP contribution in [-0.2, 0) is 4.74 Å². The van der Waals surface area contributed by atoms with Crippen LogP contribution in [0.15, 0.2) is 18.5 Å². The first-order valence-corrected chi connectivity index (χ1v) is 6.07. The Hall–Kier alpha value is -1.62. The van der Waals surface area contributed by atoms with E-state index in [-0.39, 0.29) is 0 Å². The van der Waals surface area contributed by atoms with E-state index in [1.54, 1.807) is 0 Å². The van der Waals surface area contributed by atoms with E-state index < -0.39 is 0 Å². The van der Waals surface area contributed by atoms with Crippen molar-refractivity contribution in [2.45, 2.75) is 24.9 Å². The number of H-pyrrole nitrogens is 1. The molecule has 2 bridgehead atoms. The minimum atomic E-state index is 0.528. The van der Waals surface area contributed by atoms with E-state index in [0.29, 0.717) is 12.1 Å². The molecule has 0 spiro atoms. The topological polar surface area (TPSA) is 54.0 Å². The summed E-state index contributed by atoms with van der Waals surface area (Å²) in [6.45, 7) is 1.69. The van der Waals surface area contributed by atoms with Crippen molar-refractivity contribution in [2.24, 2.45) is 0 Å². The van der Waals surface area contributed by atoms with Gasteiger partial charge in [-0.25, -0.2) is 4.98 Å². The normalized spacial score (nSPS) is 27.9. The van der Waals surface area contributed by atoms with Crippen LogP contribution in [0.3, 0.4) is 0 Å². The molecular weight excluding hydrogens is 216 g/mol. The second-order valence-electron chi connectivity index (χ2n) is 4.83. The van der Waals surface area contributed by atoms with Crippen molar-refractivity contribution in [3.63, 3.8) is 0 Å². The summed E-state index contributed by atoms with van der Waals surface area (Å²) in [7, 11) is 0. The van der Waals surface area contributed by atoms with Crippen molar-refractivity contribution in [3.8, 4) is 0 Å². The molecule has 0 saturated carbocycles. The minimum Gasteiger partial charge on any atom is -0.377 e. The monoisotopic (exact) mass is 230 g/mol. The van der Waals surface area contributed by atoms with Crippen molar-refractivity contribution >= 4 is 16.7 Å². The first kappa shape index (κ1) is 9.41. The predicted molar refractivity (Wildman–Crippen MR) is 64.0 cm³/mol. The van der Waals surface area contributed by atoms with Gasteiger partial charge in [0.05, 0.1) is 43.4 Å². The van der Waals surface area contributed by atoms with Gasteiger partial charge in [0.2, 0.25) is 0 Å². The van der Waals surface area contributed by atoms with E-state index in [4.69, 9.17) is 4.74 Å². The number of morpholine rings is 1. The summed E-state index contributed by atoms with van der Waals surface area (Å²) >= 11 is 0. The summed E-state index contributed by atoms with van der Waals surface area (Å²) in [5.41, 5.74) is 2.06. The maximum Gasteiger partial charge on any atom is 0.155 e. The Morgan fingerprint density at radius 1 is 1.24 bits per heavy atom. The molecule has 2 aromatic heterocycles. The summed E-state index contributed by atoms with van der Waals surface area (Å²) in [6.07, 6.45) is 6.23. The van der Waals surface area contributed by atoms with Gasteiger partial charge in [-0.2, -0.15) is 5.10 Å². The van der Waals surface area contributed by atoms with E-state index in [2.05, 4.69) is 26.1 Å². The second kappa shape index (κ2) is 3.43. The molecule has 2 unspecified atom stereocenters. The number of aromatic nitrogens is 3. The summed E-state index contributed by atoms with van der Waals surface area (Å²) < 4.78 is 5.60. The van der Waals surface area contributed by atoms with Gasteiger partial charge in [-0.1, -0.05) is 0 Å². The molecule has 5 heteroatoms. The number of pyridine rings is 1. The smallest absolute Gasteiger partial charge is 0.155 e. The standard InChI is InChI=1S/C12H14N4O/c1-2-10-7-17-6-9(1)16(10)11-3-8-4-14-15-12(8)13-5-11/h3-5,9-10H,1-2,6-7H2,(H,13,14,15). The first-order valence-electron chi connectivity index (χ1n) is 6.07. The molecule has 2 aliphatic rings. The molecule has 4 rings (SSSR count). The molecule has 2 aliphatic heterocycles. The molecule has 0 radical (unpaired) electrons. The van der Waals surface area contributed by atoms with Crippen LogP contribution in [0, 0.1) is 0 Å². The number of ether oxygens (including phenoxy) is 1. The largest absolute Gasteiger partial charge is 0.377 e. The van der Waals surface area contributed by atoms with Crippen LogP contribution >= 0.6 is 0 Å². The Morgan fingerprint density at radius 3 is 2.88 bits per heavy atom. The first-order chi connectivity index (χ1) is 8.42. The van der Waals surface area contributed by atoms with Gasteiger partial charge in [-0.3, -0.25) is 5.10 Å². The molecule has 0 aliphatic carbocycles. The van der Waals surface area contributed by atoms with E-state index >= 15 is 0 Å². The predicted octanol–water partition coefficient (Wildman–Crippen LogP) is 1.33. The summed E-state index contributed by atoms with van der Waals surface area (Å²) in [6, 6.07) is 3.22. The molecule has 17 heavy (non-hydrogen) atoms. The van der Waals surface area contributed by atoms with Gasteiger partial charge in [0.15, 0.2) is 5.65 Å². The fourth-order valence-corrected chi connectivity index (χ4v) is 3.02. The van der Waals surface area contributed by atoms with Crippen LogP contribution < -0.4 is 4.90 Å². The summed E-state index contributed by atoms with van der Waals surface area (Å²) in [4.78, 5) is 6.89. The minimum absolute atomic E-state index is 0.528. The molecule has 2 atom stereocenters. The van der Waals surface area contributed by atoms with Gasteiger partial charge in [0.25, 0.3) is 0 Å². The highest BCUT2D eigenvalue weighted by molar-refractivity contribution is 5.78. The van der Waals surface area contributed by atoms with E-state index in [1.165, 1.54) is 18.5 Å². The number of hydrogen-bond donors (Lipinski definition) is 1. The zero-order valence-corrected chi connectivity index (χ0v) is 9.47. The van der Waals surface area contributed by atoms with Gasteiger partial charge in [-0.05, 0) is 18.9 Å². The van der Waals surface area contributed by atoms with Gasteiger partial charge in [0, 0.05) is 5.39 Å². The number of anilines is 1. The van der Waals surface area contributed by atoms with Crippen LogP contribution in [0.25, 0.3) is 11.0 Å². The van der Waals surface area contributed by atoms with Crippen molar-refractivity contribution in [2.75, 3.05) is 18.1 Å². The zero-order chi connectivity index (χ0) is 11.2. The number of nitrogens with one attached hydrogen (secondary N) is 1. The molecule has 2 aromatic rings. The third kappa shape index (κ3) is 1.35. The molecule has 2 saturated heterocycles. The molecule has 1 N–H and O–H groups in total. The maximum absolute atomic E-state index is 5.60. The van der Waals surface area contributed by atoms with Crippen LogP contribution in [0.1, 0.15) is 12.8 Å². The number of fused-ring (bicyclic) bond motifs is 3. The molecular formula is C12H14N4O. The lowest BCUT2D eigenvalue weighted by Crippen LogP contribution is -2.45. The SMILES string of the molecule is c1nc2[nH]ncc2cc1N1C2CCC1COC2. The highest BCUT2D eigenvalue weighted by Crippen LogP contribution is 2.34. The van der Waals surface area contributed by atoms with Crippen molar-refractivity contribution < 1.29 is 4.74 Å². The van der Waals surface area contributed by atoms with Crippen LogP contribution in [0.4, 0.5) is 5.69 Å². The Balaban J connectivity index is 1.78. The Labute approximate surface area is 98.8 Å². The number of aromatic amines is 1. The van der Waals surface area contributed by atoms with E-state index in [1.807, 2.05) is 12.4 Å². The van der Waals surface area contributed by atoms with Gasteiger partial charge >= 0.3 is 0 Å². The molecule has 2 fully saturated rings. The van der Waals surface area contributed by atoms with Crippen LogP contribution in [0.5, 0.6) is 0 Å². The van der Waals surface area contributed by atoms with Crippen LogP contribution in [0.2, 0.25) is 0 Å². The lowest BCUT2D eigenvalue weighted by atomic mass is 10.2. The number of nitrogens with zero attached hydrogens (tertiary/aromatic N) is 3. The highest BCUT2D eigenvalue weighted by Gasteiger charge is 2.37. The van der Waals surface area contributed by atoms with Gasteiger partial charge in [0.1, 0.15) is 0 Å². The molecule has 0 aromatic carbocycles. The van der Waals surface area contributed by atoms with Crippen molar-refractivity contribution in [3.05, 3.63) is 18.5 Å². The molecule has 4 heterocycles. The quantitative estimate of drug-likeness (QED) is 0.803. The van der Waals surface area contributed by atoms with E-state index in [0.717, 1.165) is 24.2 Å². The molecule has 0 amide bonds. The molecule has 5 nitrogen and oxygen atoms in total. The number of rotatable bonds is 1. The Bertz CT molecular complexity index is 536. The summed E-state index contributed by atoms with van der Waals surface area (Å²) in [5, 5.41) is 7.97. The lowest BCUT2D eigenvalue weighted by Gasteiger charge is -2.36. The average molecular weight is 230 g/mol. The highest BCUT2D eigenvalue weighted by atomic mass is 16.5. The Kier molecular flexibility index (Phi) is 1.90. The Morgan fingerprint density at radius 2 is 2.06 bits per heavy atom. The molecule has 88 valence electrons. The second-order valence-corrected chi connectivity index (χ2v) is 4.83. The summed E-state index contributed by atoms with van der Waals surface area (Å²) in [5.74, 6) is 0. The van der Waals surface area contributed by atoms with Gasteiger partial charge < -0.3 is 9.64 Å². The zero-order valence-electron chi connectivity index (χ0n) is 9.47. The average Bonchev–Trinajstić information content (AvgIpc) is 2.91. The van der Waals surface area contributed by atoms with Crippen LogP contribution in [-0.4, -0.2) is 40.5 Å². The maximum atomic E-state index is 5.60. The van der Waals surface area contributed by atoms with Crippen molar-refractivity contribution in [1.82, 2.24) is 15.2 Å². The lowest BCUT2D eigenvalue weighted by molar-refractivity contribution is 0.0906. The third-order valence-electron chi connectivity index (χ3n) is 3.82.